The van der Waals surface area contributed by atoms with Crippen LogP contribution in [0.5, 0.6) is 0 Å². The average molecular weight is 329 g/mol. The molecule has 1 aromatic heterocycles. The highest BCUT2D eigenvalue weighted by Crippen LogP contribution is 2.29. The van der Waals surface area contributed by atoms with Crippen LogP contribution in [-0.2, 0) is 0 Å². The average Bonchev–Trinajstić information content (AvgIpc) is 3.25. The molecule has 23 heavy (non-hydrogen) atoms. The number of amides is 1. The van der Waals surface area contributed by atoms with Crippen molar-refractivity contribution in [1.82, 2.24) is 15.6 Å². The van der Waals surface area contributed by atoms with Crippen molar-refractivity contribution in [3.8, 4) is 0 Å². The molecule has 3 atom stereocenters. The van der Waals surface area contributed by atoms with Gasteiger partial charge in [-0.2, -0.15) is 0 Å². The molecule has 2 aliphatic rings. The van der Waals surface area contributed by atoms with E-state index >= 15 is 0 Å². The van der Waals surface area contributed by atoms with Gasteiger partial charge in [0.05, 0.1) is 5.69 Å². The molecular weight excluding hydrogens is 310 g/mol. The minimum absolute atomic E-state index is 0.00729. The van der Waals surface area contributed by atoms with Crippen molar-refractivity contribution in [3.05, 3.63) is 41.8 Å². The number of fused-ring (bicyclic) bond motifs is 2. The maximum atomic E-state index is 12.4. The lowest BCUT2D eigenvalue weighted by molar-refractivity contribution is 0.0931. The predicted molar refractivity (Wildman–Crippen MR) is 87.6 cm³/mol. The normalized spacial score (nSPS) is 25.7. The molecule has 2 N–H and O–H groups in total. The molecule has 3 unspecified atom stereocenters. The van der Waals surface area contributed by atoms with Gasteiger partial charge in [0.1, 0.15) is 6.26 Å². The standard InChI is InChI=1S/C17H19N3O2S/c1-10-9-22-17(18-10)23-13-5-2-11(3-6-13)16(21)20-15-8-12-4-7-14(15)19-12/h2-3,5-6,9,12,14-15,19H,4,7-8H2,1H3,(H,20,21). The molecule has 120 valence electrons. The van der Waals surface area contributed by atoms with Crippen LogP contribution in [0.2, 0.25) is 0 Å². The zero-order valence-corrected chi connectivity index (χ0v) is 13.7. The summed E-state index contributed by atoms with van der Waals surface area (Å²) in [5.41, 5.74) is 1.56. The Balaban J connectivity index is 1.38. The summed E-state index contributed by atoms with van der Waals surface area (Å²) >= 11 is 1.45. The number of oxazole rings is 1. The number of carbonyl (C=O) groups excluding carboxylic acids is 1. The maximum Gasteiger partial charge on any atom is 0.260 e. The van der Waals surface area contributed by atoms with Crippen molar-refractivity contribution >= 4 is 17.7 Å². The number of rotatable bonds is 4. The monoisotopic (exact) mass is 329 g/mol. The van der Waals surface area contributed by atoms with E-state index in [1.54, 1.807) is 6.26 Å². The molecule has 3 heterocycles. The van der Waals surface area contributed by atoms with Gasteiger partial charge in [0.2, 0.25) is 0 Å². The van der Waals surface area contributed by atoms with E-state index < -0.39 is 0 Å². The highest BCUT2D eigenvalue weighted by molar-refractivity contribution is 7.99. The third-order valence-electron chi connectivity index (χ3n) is 4.54. The van der Waals surface area contributed by atoms with Crippen LogP contribution in [0.4, 0.5) is 0 Å². The number of nitrogens with zero attached hydrogens (tertiary/aromatic N) is 1. The summed E-state index contributed by atoms with van der Waals surface area (Å²) in [5.74, 6) is 0.00729. The third kappa shape index (κ3) is 3.14. The second-order valence-electron chi connectivity index (χ2n) is 6.24. The lowest BCUT2D eigenvalue weighted by Crippen LogP contribution is -2.42. The SMILES string of the molecule is Cc1coc(Sc2ccc(C(=O)NC3CC4CCC3N4)cc2)n1. The molecule has 0 aliphatic carbocycles. The van der Waals surface area contributed by atoms with Crippen LogP contribution in [0, 0.1) is 6.92 Å². The first-order valence-electron chi connectivity index (χ1n) is 7.94. The fourth-order valence-electron chi connectivity index (χ4n) is 3.39. The molecular formula is C17H19N3O2S. The Kier molecular flexibility index (Phi) is 3.87. The molecule has 2 fully saturated rings. The summed E-state index contributed by atoms with van der Waals surface area (Å²) in [5, 5.41) is 7.32. The third-order valence-corrected chi connectivity index (χ3v) is 5.41. The predicted octanol–water partition coefficient (Wildman–Crippen LogP) is 2.76. The van der Waals surface area contributed by atoms with Gasteiger partial charge in [-0.15, -0.1) is 0 Å². The van der Waals surface area contributed by atoms with Gasteiger partial charge < -0.3 is 15.1 Å². The molecule has 2 bridgehead atoms. The van der Waals surface area contributed by atoms with Gasteiger partial charge in [0.25, 0.3) is 11.1 Å². The fraction of sp³-hybridized carbons (Fsp3) is 0.412. The van der Waals surface area contributed by atoms with Crippen molar-refractivity contribution in [2.45, 2.75) is 54.4 Å². The highest BCUT2D eigenvalue weighted by atomic mass is 32.2. The number of hydrogen-bond donors (Lipinski definition) is 2. The molecule has 0 radical (unpaired) electrons. The minimum Gasteiger partial charge on any atom is -0.439 e. The van der Waals surface area contributed by atoms with Crippen molar-refractivity contribution in [2.24, 2.45) is 0 Å². The number of benzene rings is 1. The number of aryl methyl sites for hydroxylation is 1. The maximum absolute atomic E-state index is 12.4. The van der Waals surface area contributed by atoms with Gasteiger partial charge in [-0.1, -0.05) is 0 Å². The Morgan fingerprint density at radius 3 is 2.78 bits per heavy atom. The number of hydrogen-bond acceptors (Lipinski definition) is 5. The van der Waals surface area contributed by atoms with Crippen LogP contribution in [0.25, 0.3) is 0 Å². The van der Waals surface area contributed by atoms with E-state index in [9.17, 15) is 4.79 Å². The van der Waals surface area contributed by atoms with E-state index in [4.69, 9.17) is 4.42 Å². The molecule has 4 rings (SSSR count). The Morgan fingerprint density at radius 1 is 1.35 bits per heavy atom. The van der Waals surface area contributed by atoms with Crippen molar-refractivity contribution in [3.63, 3.8) is 0 Å². The van der Waals surface area contributed by atoms with Crippen LogP contribution in [0.3, 0.4) is 0 Å². The number of carbonyl (C=O) groups is 1. The highest BCUT2D eigenvalue weighted by Gasteiger charge is 2.39. The molecule has 1 aromatic carbocycles. The summed E-state index contributed by atoms with van der Waals surface area (Å²) in [6.45, 7) is 1.89. The molecule has 1 amide bonds. The van der Waals surface area contributed by atoms with Gasteiger partial charge in [-0.3, -0.25) is 4.79 Å². The van der Waals surface area contributed by atoms with E-state index in [2.05, 4.69) is 15.6 Å². The van der Waals surface area contributed by atoms with Crippen LogP contribution in [0.1, 0.15) is 35.3 Å². The van der Waals surface area contributed by atoms with Crippen LogP contribution >= 0.6 is 11.8 Å². The van der Waals surface area contributed by atoms with E-state index in [0.717, 1.165) is 17.0 Å². The van der Waals surface area contributed by atoms with E-state index in [1.165, 1.54) is 24.6 Å². The zero-order valence-electron chi connectivity index (χ0n) is 12.9. The smallest absolute Gasteiger partial charge is 0.260 e. The zero-order chi connectivity index (χ0) is 15.8. The summed E-state index contributed by atoms with van der Waals surface area (Å²) in [7, 11) is 0. The van der Waals surface area contributed by atoms with Crippen molar-refractivity contribution in [1.29, 1.82) is 0 Å². The molecule has 5 nitrogen and oxygen atoms in total. The topological polar surface area (TPSA) is 67.2 Å². The molecule has 2 aromatic rings. The summed E-state index contributed by atoms with van der Waals surface area (Å²) in [4.78, 5) is 17.6. The van der Waals surface area contributed by atoms with Crippen LogP contribution < -0.4 is 10.6 Å². The van der Waals surface area contributed by atoms with Gasteiger partial charge in [0.15, 0.2) is 0 Å². The van der Waals surface area contributed by atoms with E-state index in [0.29, 0.717) is 22.9 Å². The first-order valence-corrected chi connectivity index (χ1v) is 8.76. The van der Waals surface area contributed by atoms with Crippen molar-refractivity contribution < 1.29 is 9.21 Å². The number of nitrogens with one attached hydrogen (secondary N) is 2. The fourth-order valence-corrected chi connectivity index (χ4v) is 4.15. The van der Waals surface area contributed by atoms with Gasteiger partial charge >= 0.3 is 0 Å². The first kappa shape index (κ1) is 14.8. The first-order chi connectivity index (χ1) is 11.2. The van der Waals surface area contributed by atoms with Gasteiger partial charge in [0, 0.05) is 28.6 Å². The van der Waals surface area contributed by atoms with Crippen molar-refractivity contribution in [2.75, 3.05) is 0 Å². The second-order valence-corrected chi connectivity index (χ2v) is 7.27. The van der Waals surface area contributed by atoms with Crippen LogP contribution in [0.15, 0.2) is 45.1 Å². The van der Waals surface area contributed by atoms with Gasteiger partial charge in [-0.25, -0.2) is 4.98 Å². The lowest BCUT2D eigenvalue weighted by atomic mass is 9.95. The Bertz CT molecular complexity index is 713. The second kappa shape index (κ2) is 6.02. The molecule has 2 saturated heterocycles. The van der Waals surface area contributed by atoms with Crippen LogP contribution in [-0.4, -0.2) is 29.0 Å². The Labute approximate surface area is 139 Å². The number of aromatic nitrogens is 1. The molecule has 0 saturated carbocycles. The summed E-state index contributed by atoms with van der Waals surface area (Å²) < 4.78 is 5.33. The summed E-state index contributed by atoms with van der Waals surface area (Å²) in [6, 6.07) is 8.88. The Morgan fingerprint density at radius 2 is 2.17 bits per heavy atom. The molecule has 0 spiro atoms. The van der Waals surface area contributed by atoms with Gasteiger partial charge in [-0.05, 0) is 62.2 Å². The quantitative estimate of drug-likeness (QED) is 0.903. The molecule has 2 aliphatic heterocycles. The van der Waals surface area contributed by atoms with E-state index in [-0.39, 0.29) is 11.9 Å². The Hall–Kier alpha value is -1.79. The lowest BCUT2D eigenvalue weighted by Gasteiger charge is -2.21. The minimum atomic E-state index is 0.00729. The largest absolute Gasteiger partial charge is 0.439 e. The van der Waals surface area contributed by atoms with E-state index in [1.807, 2.05) is 31.2 Å². The summed E-state index contributed by atoms with van der Waals surface area (Å²) in [6.07, 6.45) is 5.09. The molecule has 6 heteroatoms.